The van der Waals surface area contributed by atoms with Crippen LogP contribution >= 0.6 is 0 Å². The van der Waals surface area contributed by atoms with Gasteiger partial charge in [-0.25, -0.2) is 9.50 Å². The van der Waals surface area contributed by atoms with E-state index in [2.05, 4.69) is 15.4 Å². The zero-order valence-corrected chi connectivity index (χ0v) is 14.2. The highest BCUT2D eigenvalue weighted by Gasteiger charge is 2.14. The van der Waals surface area contributed by atoms with Crippen LogP contribution in [0.3, 0.4) is 0 Å². The molecule has 0 unspecified atom stereocenters. The largest absolute Gasteiger partial charge is 0.490 e. The molecular formula is C18H20N4O3. The Labute approximate surface area is 145 Å². The molecule has 7 heteroatoms. The molecule has 130 valence electrons. The van der Waals surface area contributed by atoms with Gasteiger partial charge in [-0.15, -0.1) is 0 Å². The fraction of sp³-hybridized carbons (Fsp3) is 0.278. The van der Waals surface area contributed by atoms with Gasteiger partial charge in [-0.05, 0) is 37.6 Å². The van der Waals surface area contributed by atoms with Crippen molar-refractivity contribution in [1.82, 2.24) is 19.9 Å². The van der Waals surface area contributed by atoms with Gasteiger partial charge in [0.1, 0.15) is 5.56 Å². The Kier molecular flexibility index (Phi) is 5.13. The molecule has 2 aromatic heterocycles. The van der Waals surface area contributed by atoms with Gasteiger partial charge in [-0.3, -0.25) is 4.79 Å². The van der Waals surface area contributed by atoms with E-state index in [1.54, 1.807) is 23.0 Å². The molecule has 0 aliphatic carbocycles. The number of aromatic nitrogens is 3. The SMILES string of the molecule is CCOc1ccc(CNC(=O)c2cnn3cccnc23)cc1OCC. The second-order valence-electron chi connectivity index (χ2n) is 5.28. The Morgan fingerprint density at radius 3 is 2.80 bits per heavy atom. The molecule has 1 N–H and O–H groups in total. The number of rotatable bonds is 7. The quantitative estimate of drug-likeness (QED) is 0.715. The molecule has 2 heterocycles. The number of carbonyl (C=O) groups is 1. The maximum Gasteiger partial charge on any atom is 0.257 e. The summed E-state index contributed by atoms with van der Waals surface area (Å²) in [4.78, 5) is 16.6. The van der Waals surface area contributed by atoms with E-state index in [1.165, 1.54) is 6.20 Å². The predicted octanol–water partition coefficient (Wildman–Crippen LogP) is 2.46. The number of carbonyl (C=O) groups excluding carboxylic acids is 1. The number of amides is 1. The molecule has 0 fully saturated rings. The van der Waals surface area contributed by atoms with E-state index in [-0.39, 0.29) is 5.91 Å². The molecule has 3 rings (SSSR count). The molecular weight excluding hydrogens is 320 g/mol. The number of hydrogen-bond acceptors (Lipinski definition) is 5. The van der Waals surface area contributed by atoms with Crippen LogP contribution in [0.15, 0.2) is 42.9 Å². The lowest BCUT2D eigenvalue weighted by molar-refractivity contribution is 0.0952. The number of fused-ring (bicyclic) bond motifs is 1. The molecule has 0 radical (unpaired) electrons. The van der Waals surface area contributed by atoms with Crippen LogP contribution in [0, 0.1) is 0 Å². The zero-order chi connectivity index (χ0) is 17.6. The van der Waals surface area contributed by atoms with Crippen LogP contribution in [0.2, 0.25) is 0 Å². The molecule has 0 bridgehead atoms. The van der Waals surface area contributed by atoms with Gasteiger partial charge in [-0.2, -0.15) is 5.10 Å². The summed E-state index contributed by atoms with van der Waals surface area (Å²) in [7, 11) is 0. The van der Waals surface area contributed by atoms with Gasteiger partial charge in [0.2, 0.25) is 0 Å². The third-order valence-electron chi connectivity index (χ3n) is 3.58. The van der Waals surface area contributed by atoms with Crippen molar-refractivity contribution in [2.75, 3.05) is 13.2 Å². The Hall–Kier alpha value is -3.09. The summed E-state index contributed by atoms with van der Waals surface area (Å²) in [6, 6.07) is 7.40. The van der Waals surface area contributed by atoms with Crippen molar-refractivity contribution in [2.45, 2.75) is 20.4 Å². The summed E-state index contributed by atoms with van der Waals surface area (Å²) in [5, 5.41) is 7.01. The molecule has 7 nitrogen and oxygen atoms in total. The second kappa shape index (κ2) is 7.65. The first-order valence-electron chi connectivity index (χ1n) is 8.18. The van der Waals surface area contributed by atoms with E-state index in [1.807, 2.05) is 32.0 Å². The molecule has 0 spiro atoms. The fourth-order valence-electron chi connectivity index (χ4n) is 2.47. The van der Waals surface area contributed by atoms with Crippen molar-refractivity contribution in [2.24, 2.45) is 0 Å². The molecule has 1 aromatic carbocycles. The van der Waals surface area contributed by atoms with Gasteiger partial charge in [0.25, 0.3) is 5.91 Å². The van der Waals surface area contributed by atoms with Crippen molar-refractivity contribution >= 4 is 11.6 Å². The van der Waals surface area contributed by atoms with Crippen LogP contribution in [0.4, 0.5) is 0 Å². The van der Waals surface area contributed by atoms with Crippen LogP contribution in [-0.4, -0.2) is 33.7 Å². The maximum absolute atomic E-state index is 12.4. The summed E-state index contributed by atoms with van der Waals surface area (Å²) >= 11 is 0. The number of nitrogens with one attached hydrogen (secondary N) is 1. The number of hydrogen-bond donors (Lipinski definition) is 1. The molecule has 0 aliphatic heterocycles. The average molecular weight is 340 g/mol. The Balaban J connectivity index is 1.72. The average Bonchev–Trinajstić information content (AvgIpc) is 3.06. The van der Waals surface area contributed by atoms with Crippen molar-refractivity contribution in [1.29, 1.82) is 0 Å². The highest BCUT2D eigenvalue weighted by molar-refractivity contribution is 5.99. The van der Waals surface area contributed by atoms with E-state index in [0.29, 0.717) is 42.5 Å². The van der Waals surface area contributed by atoms with E-state index < -0.39 is 0 Å². The van der Waals surface area contributed by atoms with Gasteiger partial charge in [0, 0.05) is 18.9 Å². The van der Waals surface area contributed by atoms with E-state index in [0.717, 1.165) is 5.56 Å². The van der Waals surface area contributed by atoms with Crippen LogP contribution in [0.25, 0.3) is 5.65 Å². The van der Waals surface area contributed by atoms with Gasteiger partial charge >= 0.3 is 0 Å². The molecule has 0 aliphatic rings. The van der Waals surface area contributed by atoms with Crippen LogP contribution in [0.5, 0.6) is 11.5 Å². The lowest BCUT2D eigenvalue weighted by Crippen LogP contribution is -2.22. The van der Waals surface area contributed by atoms with E-state index >= 15 is 0 Å². The monoisotopic (exact) mass is 340 g/mol. The normalized spacial score (nSPS) is 10.6. The predicted molar refractivity (Wildman–Crippen MR) is 92.9 cm³/mol. The van der Waals surface area contributed by atoms with Crippen molar-refractivity contribution in [3.05, 3.63) is 54.0 Å². The first kappa shape index (κ1) is 16.8. The summed E-state index contributed by atoms with van der Waals surface area (Å²) in [5.41, 5.74) is 1.89. The van der Waals surface area contributed by atoms with Crippen LogP contribution in [0.1, 0.15) is 29.8 Å². The van der Waals surface area contributed by atoms with Gasteiger partial charge in [0.15, 0.2) is 17.1 Å². The zero-order valence-electron chi connectivity index (χ0n) is 14.2. The van der Waals surface area contributed by atoms with Gasteiger partial charge in [-0.1, -0.05) is 6.07 Å². The molecule has 0 saturated carbocycles. The van der Waals surface area contributed by atoms with Crippen molar-refractivity contribution in [3.8, 4) is 11.5 Å². The first-order valence-corrected chi connectivity index (χ1v) is 8.18. The minimum atomic E-state index is -0.222. The lowest BCUT2D eigenvalue weighted by Gasteiger charge is -2.12. The van der Waals surface area contributed by atoms with E-state index in [4.69, 9.17) is 9.47 Å². The third kappa shape index (κ3) is 3.71. The molecule has 0 atom stereocenters. The highest BCUT2D eigenvalue weighted by Crippen LogP contribution is 2.28. The second-order valence-corrected chi connectivity index (χ2v) is 5.28. The van der Waals surface area contributed by atoms with Crippen LogP contribution in [-0.2, 0) is 6.54 Å². The van der Waals surface area contributed by atoms with E-state index in [9.17, 15) is 4.79 Å². The molecule has 3 aromatic rings. The molecule has 1 amide bonds. The van der Waals surface area contributed by atoms with Crippen LogP contribution < -0.4 is 14.8 Å². The minimum absolute atomic E-state index is 0.222. The number of benzene rings is 1. The molecule has 25 heavy (non-hydrogen) atoms. The highest BCUT2D eigenvalue weighted by atomic mass is 16.5. The standard InChI is InChI=1S/C18H20N4O3/c1-3-24-15-7-6-13(10-16(15)25-4-2)11-20-18(23)14-12-21-22-9-5-8-19-17(14)22/h5-10,12H,3-4,11H2,1-2H3,(H,20,23). The first-order chi connectivity index (χ1) is 12.2. The van der Waals surface area contributed by atoms with Crippen molar-refractivity contribution < 1.29 is 14.3 Å². The summed E-state index contributed by atoms with van der Waals surface area (Å²) < 4.78 is 12.7. The van der Waals surface area contributed by atoms with Gasteiger partial charge in [0.05, 0.1) is 19.4 Å². The Bertz CT molecular complexity index is 876. The number of ether oxygens (including phenoxy) is 2. The van der Waals surface area contributed by atoms with Crippen molar-refractivity contribution in [3.63, 3.8) is 0 Å². The van der Waals surface area contributed by atoms with Gasteiger partial charge < -0.3 is 14.8 Å². The minimum Gasteiger partial charge on any atom is -0.490 e. The topological polar surface area (TPSA) is 77.8 Å². The third-order valence-corrected chi connectivity index (χ3v) is 3.58. The summed E-state index contributed by atoms with van der Waals surface area (Å²) in [5.74, 6) is 1.15. The summed E-state index contributed by atoms with van der Waals surface area (Å²) in [6.07, 6.45) is 4.90. The number of nitrogens with zero attached hydrogens (tertiary/aromatic N) is 3. The summed E-state index contributed by atoms with van der Waals surface area (Å²) in [6.45, 7) is 5.33. The molecule has 0 saturated heterocycles. The fourth-order valence-corrected chi connectivity index (χ4v) is 2.47. The Morgan fingerprint density at radius 2 is 2.00 bits per heavy atom. The smallest absolute Gasteiger partial charge is 0.257 e. The Morgan fingerprint density at radius 1 is 1.20 bits per heavy atom. The maximum atomic E-state index is 12.4. The lowest BCUT2D eigenvalue weighted by atomic mass is 10.2.